The van der Waals surface area contributed by atoms with Crippen LogP contribution in [0.5, 0.6) is 0 Å². The summed E-state index contributed by atoms with van der Waals surface area (Å²) in [6.07, 6.45) is 2.11. The molecule has 0 unspecified atom stereocenters. The molecule has 1 N–H and O–H groups in total. The van der Waals surface area contributed by atoms with Crippen LogP contribution in [0, 0.1) is 5.41 Å². The molecule has 1 fully saturated rings. The number of nitrogens with one attached hydrogen (secondary N) is 1. The Morgan fingerprint density at radius 2 is 2.06 bits per heavy atom. The van der Waals surface area contributed by atoms with Crippen LogP contribution in [0.25, 0.3) is 0 Å². The van der Waals surface area contributed by atoms with Gasteiger partial charge >= 0.3 is 0 Å². The summed E-state index contributed by atoms with van der Waals surface area (Å²) in [4.78, 5) is 13.4. The van der Waals surface area contributed by atoms with Crippen molar-refractivity contribution in [3.05, 3.63) is 28.7 Å². The van der Waals surface area contributed by atoms with E-state index in [1.54, 1.807) is 0 Å². The van der Waals surface area contributed by atoms with Crippen molar-refractivity contribution in [3.63, 3.8) is 0 Å². The number of sulfonamides is 1. The molecule has 2 rings (SSSR count). The molecule has 1 aliphatic rings. The Bertz CT molecular complexity index is 554. The SMILES string of the molecule is CC1(C)CCN(S(=O)(=O)c2ccc(=O)[nH]c2)C1. The van der Waals surface area contributed by atoms with Crippen LogP contribution in [-0.2, 0) is 10.0 Å². The van der Waals surface area contributed by atoms with Crippen LogP contribution in [0.2, 0.25) is 0 Å². The first-order valence-corrected chi connectivity index (χ1v) is 6.94. The molecular weight excluding hydrogens is 240 g/mol. The van der Waals surface area contributed by atoms with Gasteiger partial charge in [0.2, 0.25) is 15.6 Å². The van der Waals surface area contributed by atoms with Gasteiger partial charge in [0.25, 0.3) is 0 Å². The van der Waals surface area contributed by atoms with Crippen LogP contribution in [-0.4, -0.2) is 30.8 Å². The predicted octanol–water partition coefficient (Wildman–Crippen LogP) is 0.795. The number of hydrogen-bond donors (Lipinski definition) is 1. The normalized spacial score (nSPS) is 20.6. The van der Waals surface area contributed by atoms with E-state index in [-0.39, 0.29) is 15.9 Å². The molecule has 94 valence electrons. The van der Waals surface area contributed by atoms with E-state index in [0.717, 1.165) is 6.42 Å². The van der Waals surface area contributed by atoms with Gasteiger partial charge in [-0.15, -0.1) is 0 Å². The summed E-state index contributed by atoms with van der Waals surface area (Å²) in [5.41, 5.74) is -0.277. The maximum Gasteiger partial charge on any atom is 0.247 e. The highest BCUT2D eigenvalue weighted by Gasteiger charge is 2.36. The molecule has 0 aliphatic carbocycles. The maximum absolute atomic E-state index is 12.2. The predicted molar refractivity (Wildman–Crippen MR) is 64.2 cm³/mol. The lowest BCUT2D eigenvalue weighted by Crippen LogP contribution is -2.30. The number of aromatic amines is 1. The molecule has 5 nitrogen and oxygen atoms in total. The molecule has 1 aromatic heterocycles. The van der Waals surface area contributed by atoms with E-state index >= 15 is 0 Å². The molecular formula is C11H16N2O3S. The highest BCUT2D eigenvalue weighted by atomic mass is 32.2. The number of rotatable bonds is 2. The topological polar surface area (TPSA) is 70.2 Å². The summed E-state index contributed by atoms with van der Waals surface area (Å²) >= 11 is 0. The Balaban J connectivity index is 2.32. The smallest absolute Gasteiger partial charge is 0.247 e. The van der Waals surface area contributed by atoms with E-state index in [2.05, 4.69) is 18.8 Å². The van der Waals surface area contributed by atoms with Crippen molar-refractivity contribution >= 4 is 10.0 Å². The van der Waals surface area contributed by atoms with Crippen molar-refractivity contribution in [1.29, 1.82) is 0 Å². The van der Waals surface area contributed by atoms with Crippen LogP contribution >= 0.6 is 0 Å². The standard InChI is InChI=1S/C11H16N2O3S/c1-11(2)5-6-13(8-11)17(15,16)9-3-4-10(14)12-7-9/h3-4,7H,5-6,8H2,1-2H3,(H,12,14). The minimum Gasteiger partial charge on any atom is -0.328 e. The van der Waals surface area contributed by atoms with Gasteiger partial charge in [0.1, 0.15) is 0 Å². The maximum atomic E-state index is 12.2. The zero-order valence-corrected chi connectivity index (χ0v) is 10.8. The van der Waals surface area contributed by atoms with Crippen LogP contribution in [0.15, 0.2) is 28.0 Å². The monoisotopic (exact) mass is 256 g/mol. The molecule has 0 radical (unpaired) electrons. The Labute approximate surface area is 101 Å². The van der Waals surface area contributed by atoms with E-state index in [1.807, 2.05) is 0 Å². The summed E-state index contributed by atoms with van der Waals surface area (Å²) in [7, 11) is -3.46. The fourth-order valence-corrected chi connectivity index (χ4v) is 3.57. The number of aromatic nitrogens is 1. The van der Waals surface area contributed by atoms with Gasteiger partial charge in [-0.25, -0.2) is 8.42 Å². The average Bonchev–Trinajstić information content (AvgIpc) is 2.60. The summed E-state index contributed by atoms with van der Waals surface area (Å²) in [5, 5.41) is 0. The summed E-state index contributed by atoms with van der Waals surface area (Å²) < 4.78 is 25.9. The molecule has 2 heterocycles. The first-order chi connectivity index (χ1) is 7.81. The number of hydrogen-bond acceptors (Lipinski definition) is 3. The summed E-state index contributed by atoms with van der Waals surface area (Å²) in [6.45, 7) is 5.16. The second-order valence-corrected chi connectivity index (χ2v) is 7.08. The lowest BCUT2D eigenvalue weighted by Gasteiger charge is -2.19. The molecule has 6 heteroatoms. The van der Waals surface area contributed by atoms with Crippen LogP contribution in [0.3, 0.4) is 0 Å². The lowest BCUT2D eigenvalue weighted by atomic mass is 9.93. The van der Waals surface area contributed by atoms with E-state index in [4.69, 9.17) is 0 Å². The minimum atomic E-state index is -3.46. The van der Waals surface area contributed by atoms with E-state index < -0.39 is 10.0 Å². The number of H-pyrrole nitrogens is 1. The van der Waals surface area contributed by atoms with Gasteiger partial charge in [0.05, 0.1) is 4.90 Å². The van der Waals surface area contributed by atoms with Gasteiger partial charge in [-0.2, -0.15) is 4.31 Å². The van der Waals surface area contributed by atoms with Crippen molar-refractivity contribution in [3.8, 4) is 0 Å². The van der Waals surface area contributed by atoms with Gasteiger partial charge in [0.15, 0.2) is 0 Å². The molecule has 17 heavy (non-hydrogen) atoms. The largest absolute Gasteiger partial charge is 0.328 e. The Hall–Kier alpha value is -1.14. The Morgan fingerprint density at radius 1 is 1.35 bits per heavy atom. The van der Waals surface area contributed by atoms with Crippen molar-refractivity contribution in [2.45, 2.75) is 25.2 Å². The molecule has 0 amide bonds. The molecule has 0 atom stereocenters. The second kappa shape index (κ2) is 3.96. The second-order valence-electron chi connectivity index (χ2n) is 5.14. The summed E-state index contributed by atoms with van der Waals surface area (Å²) in [5.74, 6) is 0. The average molecular weight is 256 g/mol. The zero-order chi connectivity index (χ0) is 12.7. The molecule has 0 saturated carbocycles. The van der Waals surface area contributed by atoms with Crippen LogP contribution in [0.4, 0.5) is 0 Å². The Kier molecular flexibility index (Phi) is 2.87. The molecule has 0 spiro atoms. The highest BCUT2D eigenvalue weighted by molar-refractivity contribution is 7.89. The van der Waals surface area contributed by atoms with Crippen molar-refractivity contribution < 1.29 is 8.42 Å². The fourth-order valence-electron chi connectivity index (χ4n) is 1.97. The number of nitrogens with zero attached hydrogens (tertiary/aromatic N) is 1. The zero-order valence-electron chi connectivity index (χ0n) is 9.93. The Morgan fingerprint density at radius 3 is 2.53 bits per heavy atom. The third-order valence-corrected chi connectivity index (χ3v) is 4.88. The first-order valence-electron chi connectivity index (χ1n) is 5.50. The minimum absolute atomic E-state index is 0.0231. The third-order valence-electron chi connectivity index (χ3n) is 3.04. The van der Waals surface area contributed by atoms with Gasteiger partial charge in [0, 0.05) is 25.4 Å². The molecule has 1 aliphatic heterocycles. The van der Waals surface area contributed by atoms with Crippen molar-refractivity contribution in [1.82, 2.24) is 9.29 Å². The van der Waals surface area contributed by atoms with Crippen molar-refractivity contribution in [2.75, 3.05) is 13.1 Å². The molecule has 1 aromatic rings. The van der Waals surface area contributed by atoms with Crippen LogP contribution < -0.4 is 5.56 Å². The van der Waals surface area contributed by atoms with Gasteiger partial charge in [-0.05, 0) is 17.9 Å². The lowest BCUT2D eigenvalue weighted by molar-refractivity contribution is 0.375. The summed E-state index contributed by atoms with van der Waals surface area (Å²) in [6, 6.07) is 2.58. The van der Waals surface area contributed by atoms with Gasteiger partial charge in [-0.1, -0.05) is 13.8 Å². The van der Waals surface area contributed by atoms with E-state index in [0.29, 0.717) is 13.1 Å². The third kappa shape index (κ3) is 2.42. The van der Waals surface area contributed by atoms with Crippen molar-refractivity contribution in [2.24, 2.45) is 5.41 Å². The molecule has 0 bridgehead atoms. The molecule has 1 saturated heterocycles. The quantitative estimate of drug-likeness (QED) is 0.850. The van der Waals surface area contributed by atoms with E-state index in [9.17, 15) is 13.2 Å². The van der Waals surface area contributed by atoms with Gasteiger partial charge in [-0.3, -0.25) is 4.79 Å². The van der Waals surface area contributed by atoms with Crippen LogP contribution in [0.1, 0.15) is 20.3 Å². The highest BCUT2D eigenvalue weighted by Crippen LogP contribution is 2.32. The number of pyridine rings is 1. The van der Waals surface area contributed by atoms with Gasteiger partial charge < -0.3 is 4.98 Å². The fraction of sp³-hybridized carbons (Fsp3) is 0.545. The van der Waals surface area contributed by atoms with E-state index in [1.165, 1.54) is 22.6 Å². The first kappa shape index (κ1) is 12.3. The molecule has 0 aromatic carbocycles.